The molecule has 14 heavy (non-hydrogen) atoms. The van der Waals surface area contributed by atoms with Crippen molar-refractivity contribution in [2.75, 3.05) is 0 Å². The third kappa shape index (κ3) is 1.39. The maximum Gasteiger partial charge on any atom is 0.100 e. The van der Waals surface area contributed by atoms with Gasteiger partial charge in [-0.05, 0) is 13.8 Å². The van der Waals surface area contributed by atoms with E-state index in [4.69, 9.17) is 4.99 Å². The van der Waals surface area contributed by atoms with Gasteiger partial charge in [-0.15, -0.1) is 0 Å². The highest BCUT2D eigenvalue weighted by Crippen LogP contribution is 2.26. The molecule has 0 aromatic heterocycles. The van der Waals surface area contributed by atoms with E-state index >= 15 is 0 Å². The molecule has 0 radical (unpaired) electrons. The summed E-state index contributed by atoms with van der Waals surface area (Å²) in [6.07, 6.45) is 9.72. The molecule has 0 fully saturated rings. The predicted octanol–water partition coefficient (Wildman–Crippen LogP) is 2.38. The first-order valence-electron chi connectivity index (χ1n) is 5.44. The van der Waals surface area contributed by atoms with Crippen LogP contribution in [0, 0.1) is 0 Å². The number of allylic oxidation sites excluding steroid dienone is 2. The molecule has 0 saturated carbocycles. The molecule has 0 N–H and O–H groups in total. The number of nitrogens with zero attached hydrogens (tertiary/aromatic N) is 2. The second kappa shape index (κ2) is 3.60. The van der Waals surface area contributed by atoms with Crippen molar-refractivity contribution < 1.29 is 0 Å². The maximum atomic E-state index is 4.74. The van der Waals surface area contributed by atoms with Gasteiger partial charge in [0.2, 0.25) is 0 Å². The van der Waals surface area contributed by atoms with Gasteiger partial charge in [0.25, 0.3) is 0 Å². The minimum Gasteiger partial charge on any atom is -0.349 e. The number of aliphatic imine (C=N–C) groups is 1. The molecule has 2 unspecified atom stereocenters. The molecule has 2 atom stereocenters. The van der Waals surface area contributed by atoms with E-state index in [1.807, 2.05) is 0 Å². The van der Waals surface area contributed by atoms with Crippen LogP contribution in [0.2, 0.25) is 0 Å². The van der Waals surface area contributed by atoms with Gasteiger partial charge in [0, 0.05) is 12.5 Å². The lowest BCUT2D eigenvalue weighted by molar-refractivity contribution is 0.307. The van der Waals surface area contributed by atoms with Crippen molar-refractivity contribution in [3.05, 3.63) is 24.3 Å². The molecule has 2 aliphatic rings. The maximum absolute atomic E-state index is 4.74. The summed E-state index contributed by atoms with van der Waals surface area (Å²) in [4.78, 5) is 7.17. The highest BCUT2D eigenvalue weighted by molar-refractivity contribution is 5.85. The summed E-state index contributed by atoms with van der Waals surface area (Å²) in [6.45, 7) is 6.65. The van der Waals surface area contributed by atoms with Crippen LogP contribution in [0.5, 0.6) is 0 Å². The summed E-state index contributed by atoms with van der Waals surface area (Å²) in [5, 5.41) is 0. The van der Waals surface area contributed by atoms with Gasteiger partial charge in [-0.25, -0.2) is 0 Å². The minimum absolute atomic E-state index is 0.359. The Morgan fingerprint density at radius 1 is 1.36 bits per heavy atom. The van der Waals surface area contributed by atoms with Crippen LogP contribution in [0.4, 0.5) is 0 Å². The van der Waals surface area contributed by atoms with E-state index in [-0.39, 0.29) is 0 Å². The van der Waals surface area contributed by atoms with Gasteiger partial charge in [-0.3, -0.25) is 4.99 Å². The average Bonchev–Trinajstić information content (AvgIpc) is 2.55. The lowest BCUT2D eigenvalue weighted by Gasteiger charge is -2.32. The Labute approximate surface area is 86.0 Å². The summed E-state index contributed by atoms with van der Waals surface area (Å²) in [6, 6.07) is 1.37. The van der Waals surface area contributed by atoms with Crippen LogP contribution >= 0.6 is 0 Å². The van der Waals surface area contributed by atoms with Crippen LogP contribution < -0.4 is 0 Å². The molecular formula is C12H18N2. The molecule has 1 aliphatic heterocycles. The van der Waals surface area contributed by atoms with E-state index in [0.717, 1.165) is 6.42 Å². The van der Waals surface area contributed by atoms with Crippen LogP contribution in [-0.2, 0) is 0 Å². The van der Waals surface area contributed by atoms with E-state index in [2.05, 4.69) is 50.0 Å². The quantitative estimate of drug-likeness (QED) is 0.652. The van der Waals surface area contributed by atoms with Gasteiger partial charge < -0.3 is 4.90 Å². The highest BCUT2D eigenvalue weighted by atomic mass is 15.3. The van der Waals surface area contributed by atoms with Gasteiger partial charge >= 0.3 is 0 Å². The molecule has 76 valence electrons. The third-order valence-corrected chi connectivity index (χ3v) is 2.87. The predicted molar refractivity (Wildman–Crippen MR) is 60.6 cm³/mol. The largest absolute Gasteiger partial charge is 0.349 e. The number of hydrogen-bond donors (Lipinski definition) is 0. The standard InChI is InChI=1S/C12H18N2/c1-4-12-13-10-7-5-6-8-11(10)14(12)9(2)3/h5-11H,4H2,1-3H3. The van der Waals surface area contributed by atoms with Crippen molar-refractivity contribution in [3.63, 3.8) is 0 Å². The van der Waals surface area contributed by atoms with E-state index in [1.54, 1.807) is 0 Å². The highest BCUT2D eigenvalue weighted by Gasteiger charge is 2.34. The van der Waals surface area contributed by atoms with Gasteiger partial charge in [0.05, 0.1) is 12.1 Å². The van der Waals surface area contributed by atoms with Gasteiger partial charge in [0.1, 0.15) is 5.84 Å². The van der Waals surface area contributed by atoms with Crippen LogP contribution in [0.15, 0.2) is 29.3 Å². The normalized spacial score (nSPS) is 29.7. The fourth-order valence-corrected chi connectivity index (χ4v) is 2.29. The fraction of sp³-hybridized carbons (Fsp3) is 0.583. The zero-order valence-electron chi connectivity index (χ0n) is 9.14. The van der Waals surface area contributed by atoms with Crippen molar-refractivity contribution in [2.45, 2.75) is 45.3 Å². The summed E-state index contributed by atoms with van der Waals surface area (Å²) in [5.74, 6) is 1.26. The van der Waals surface area contributed by atoms with Crippen molar-refractivity contribution in [1.29, 1.82) is 0 Å². The lowest BCUT2D eigenvalue weighted by Crippen LogP contribution is -2.42. The zero-order valence-corrected chi connectivity index (χ0v) is 9.14. The number of rotatable bonds is 2. The Balaban J connectivity index is 2.27. The SMILES string of the molecule is CCC1=NC2C=CC=CC2N1C(C)C. The van der Waals surface area contributed by atoms with Crippen LogP contribution in [0.1, 0.15) is 27.2 Å². The third-order valence-electron chi connectivity index (χ3n) is 2.87. The molecule has 0 amide bonds. The molecule has 0 saturated heterocycles. The average molecular weight is 190 g/mol. The minimum atomic E-state index is 0.359. The van der Waals surface area contributed by atoms with Crippen molar-refractivity contribution in [1.82, 2.24) is 4.90 Å². The second-order valence-corrected chi connectivity index (χ2v) is 4.15. The smallest absolute Gasteiger partial charge is 0.100 e. The van der Waals surface area contributed by atoms with Gasteiger partial charge in [-0.1, -0.05) is 31.2 Å². The van der Waals surface area contributed by atoms with E-state index in [0.29, 0.717) is 18.1 Å². The monoisotopic (exact) mass is 190 g/mol. The Morgan fingerprint density at radius 2 is 2.07 bits per heavy atom. The van der Waals surface area contributed by atoms with E-state index in [9.17, 15) is 0 Å². The number of fused-ring (bicyclic) bond motifs is 1. The first kappa shape index (κ1) is 9.50. The van der Waals surface area contributed by atoms with Gasteiger partial charge in [-0.2, -0.15) is 0 Å². The molecule has 0 aromatic carbocycles. The number of hydrogen-bond acceptors (Lipinski definition) is 2. The van der Waals surface area contributed by atoms with Crippen molar-refractivity contribution in [2.24, 2.45) is 4.99 Å². The van der Waals surface area contributed by atoms with Crippen LogP contribution in [0.25, 0.3) is 0 Å². The number of amidine groups is 1. The topological polar surface area (TPSA) is 15.6 Å². The van der Waals surface area contributed by atoms with Crippen LogP contribution in [0.3, 0.4) is 0 Å². The molecule has 0 aromatic rings. The fourth-order valence-electron chi connectivity index (χ4n) is 2.29. The van der Waals surface area contributed by atoms with Crippen LogP contribution in [-0.4, -0.2) is 28.9 Å². The molecule has 2 heteroatoms. The molecule has 1 heterocycles. The van der Waals surface area contributed by atoms with Gasteiger partial charge in [0.15, 0.2) is 0 Å². The van der Waals surface area contributed by atoms with Crippen molar-refractivity contribution >= 4 is 5.84 Å². The summed E-state index contributed by atoms with van der Waals surface area (Å²) >= 11 is 0. The lowest BCUT2D eigenvalue weighted by atomic mass is 10.0. The molecular weight excluding hydrogens is 172 g/mol. The van der Waals surface area contributed by atoms with E-state index < -0.39 is 0 Å². The molecule has 2 nitrogen and oxygen atoms in total. The Kier molecular flexibility index (Phi) is 2.44. The summed E-state index contributed by atoms with van der Waals surface area (Å²) < 4.78 is 0. The summed E-state index contributed by atoms with van der Waals surface area (Å²) in [7, 11) is 0. The first-order chi connectivity index (χ1) is 6.74. The Hall–Kier alpha value is -1.05. The van der Waals surface area contributed by atoms with E-state index in [1.165, 1.54) is 5.84 Å². The Bertz CT molecular complexity index is 299. The molecule has 1 aliphatic carbocycles. The molecule has 2 rings (SSSR count). The first-order valence-corrected chi connectivity index (χ1v) is 5.44. The van der Waals surface area contributed by atoms with Crippen molar-refractivity contribution in [3.8, 4) is 0 Å². The zero-order chi connectivity index (χ0) is 10.1. The second-order valence-electron chi connectivity index (χ2n) is 4.15. The molecule has 0 bridgehead atoms. The molecule has 0 spiro atoms. The summed E-state index contributed by atoms with van der Waals surface area (Å²) in [5.41, 5.74) is 0. The Morgan fingerprint density at radius 3 is 2.71 bits per heavy atom.